The van der Waals surface area contributed by atoms with E-state index in [0.717, 1.165) is 23.3 Å². The van der Waals surface area contributed by atoms with Crippen LogP contribution in [0.3, 0.4) is 0 Å². The van der Waals surface area contributed by atoms with Crippen molar-refractivity contribution in [2.75, 3.05) is 18.8 Å². The molecule has 5 heteroatoms. The van der Waals surface area contributed by atoms with Crippen molar-refractivity contribution < 1.29 is 9.18 Å². The van der Waals surface area contributed by atoms with E-state index >= 15 is 0 Å². The van der Waals surface area contributed by atoms with Gasteiger partial charge in [0.25, 0.3) is 5.91 Å². The maximum atomic E-state index is 14.0. The van der Waals surface area contributed by atoms with E-state index in [2.05, 4.69) is 0 Å². The number of aromatic nitrogens is 1. The Kier molecular flexibility index (Phi) is 4.49. The minimum atomic E-state index is -0.154. The van der Waals surface area contributed by atoms with Crippen molar-refractivity contribution in [3.8, 4) is 0 Å². The third kappa shape index (κ3) is 3.29. The molecule has 128 valence electrons. The molecule has 0 spiro atoms. The number of carbonyl (C=O) groups is 1. The Balaban J connectivity index is 1.50. The lowest BCUT2D eigenvalue weighted by Crippen LogP contribution is -2.32. The second-order valence-corrected chi connectivity index (χ2v) is 7.53. The fourth-order valence-corrected chi connectivity index (χ4v) is 4.57. The third-order valence-corrected chi connectivity index (χ3v) is 5.94. The highest BCUT2D eigenvalue weighted by Crippen LogP contribution is 2.35. The average Bonchev–Trinajstić information content (AvgIpc) is 2.92. The highest BCUT2D eigenvalue weighted by atomic mass is 32.2. The molecule has 1 aliphatic rings. The molecular weight excluding hydrogens is 335 g/mol. The summed E-state index contributed by atoms with van der Waals surface area (Å²) in [5.74, 6) is 0.718. The summed E-state index contributed by atoms with van der Waals surface area (Å²) in [6, 6.07) is 14.8. The lowest BCUT2D eigenvalue weighted by molar-refractivity contribution is 0.0766. The molecule has 1 fully saturated rings. The van der Waals surface area contributed by atoms with Gasteiger partial charge < -0.3 is 9.30 Å². The van der Waals surface area contributed by atoms with Crippen molar-refractivity contribution in [1.82, 2.24) is 9.30 Å². The summed E-state index contributed by atoms with van der Waals surface area (Å²) in [5.41, 5.74) is 2.47. The van der Waals surface area contributed by atoms with Crippen LogP contribution in [0.2, 0.25) is 0 Å². The van der Waals surface area contributed by atoms with Crippen molar-refractivity contribution in [3.63, 3.8) is 0 Å². The van der Waals surface area contributed by atoms with Gasteiger partial charge in [-0.3, -0.25) is 4.79 Å². The molecule has 1 aliphatic heterocycles. The van der Waals surface area contributed by atoms with E-state index in [1.807, 2.05) is 58.1 Å². The molecule has 0 radical (unpaired) electrons. The van der Waals surface area contributed by atoms with Gasteiger partial charge in [-0.15, -0.1) is 0 Å². The molecule has 1 saturated heterocycles. The van der Waals surface area contributed by atoms with Gasteiger partial charge in [0.05, 0.1) is 5.56 Å². The van der Waals surface area contributed by atoms with Crippen LogP contribution in [-0.2, 0) is 0 Å². The normalized spacial score (nSPS) is 18.3. The van der Waals surface area contributed by atoms with E-state index in [1.165, 1.54) is 6.07 Å². The monoisotopic (exact) mass is 354 g/mol. The molecule has 2 aromatic heterocycles. The second kappa shape index (κ2) is 6.92. The van der Waals surface area contributed by atoms with Crippen LogP contribution >= 0.6 is 11.8 Å². The van der Waals surface area contributed by atoms with Gasteiger partial charge in [-0.2, -0.15) is 11.8 Å². The van der Waals surface area contributed by atoms with Crippen LogP contribution in [0.15, 0.2) is 60.9 Å². The maximum absolute atomic E-state index is 14.0. The minimum Gasteiger partial charge on any atom is -0.338 e. The van der Waals surface area contributed by atoms with Crippen molar-refractivity contribution in [1.29, 1.82) is 0 Å². The zero-order chi connectivity index (χ0) is 17.2. The third-order valence-electron chi connectivity index (χ3n) is 4.63. The molecule has 3 heterocycles. The van der Waals surface area contributed by atoms with Crippen LogP contribution < -0.4 is 0 Å². The van der Waals surface area contributed by atoms with Gasteiger partial charge in [-0.25, -0.2) is 4.39 Å². The number of rotatable bonds is 2. The van der Waals surface area contributed by atoms with Gasteiger partial charge in [-0.05, 0) is 30.7 Å². The fourth-order valence-electron chi connectivity index (χ4n) is 3.31. The van der Waals surface area contributed by atoms with E-state index in [9.17, 15) is 9.18 Å². The predicted octanol–water partition coefficient (Wildman–Crippen LogP) is 4.40. The Labute approximate surface area is 150 Å². The van der Waals surface area contributed by atoms with E-state index in [0.29, 0.717) is 18.7 Å². The van der Waals surface area contributed by atoms with Gasteiger partial charge in [-0.1, -0.05) is 24.3 Å². The van der Waals surface area contributed by atoms with Gasteiger partial charge >= 0.3 is 0 Å². The van der Waals surface area contributed by atoms with Crippen LogP contribution in [-0.4, -0.2) is 34.1 Å². The van der Waals surface area contributed by atoms with E-state index in [1.54, 1.807) is 17.8 Å². The molecule has 1 atom stereocenters. The van der Waals surface area contributed by atoms with Crippen LogP contribution in [0.25, 0.3) is 5.52 Å². The van der Waals surface area contributed by atoms with E-state index < -0.39 is 0 Å². The molecular formula is C20H19FN2OS. The molecule has 0 N–H and O–H groups in total. The number of nitrogens with zero attached hydrogens (tertiary/aromatic N) is 2. The van der Waals surface area contributed by atoms with Gasteiger partial charge in [0.15, 0.2) is 0 Å². The summed E-state index contributed by atoms with van der Waals surface area (Å²) in [4.78, 5) is 14.8. The summed E-state index contributed by atoms with van der Waals surface area (Å²) < 4.78 is 16.0. The standard InChI is InChI=1S/C20H19FN2OS/c21-18-7-2-1-6-17(18)19-8-10-22(11-12-25-19)20(24)15-13-16-5-3-4-9-23(16)14-15/h1-7,9,13-14,19H,8,10-12H2/t19-/m1/s1. The van der Waals surface area contributed by atoms with Crippen molar-refractivity contribution in [2.45, 2.75) is 11.7 Å². The molecule has 0 unspecified atom stereocenters. The van der Waals surface area contributed by atoms with Crippen molar-refractivity contribution >= 4 is 23.2 Å². The molecule has 0 bridgehead atoms. The largest absolute Gasteiger partial charge is 0.338 e. The van der Waals surface area contributed by atoms with Gasteiger partial charge in [0, 0.05) is 47.6 Å². The molecule has 0 aliphatic carbocycles. The fraction of sp³-hybridized carbons (Fsp3) is 0.250. The van der Waals surface area contributed by atoms with E-state index in [-0.39, 0.29) is 17.0 Å². The first-order valence-corrected chi connectivity index (χ1v) is 9.49. The average molecular weight is 354 g/mol. The lowest BCUT2D eigenvalue weighted by Gasteiger charge is -2.19. The number of thioether (sulfide) groups is 1. The number of fused-ring (bicyclic) bond motifs is 1. The van der Waals surface area contributed by atoms with Crippen LogP contribution in [0.1, 0.15) is 27.6 Å². The number of benzene rings is 1. The van der Waals surface area contributed by atoms with Crippen LogP contribution in [0.5, 0.6) is 0 Å². The topological polar surface area (TPSA) is 24.7 Å². The summed E-state index contributed by atoms with van der Waals surface area (Å²) in [5, 5.41) is 0.104. The minimum absolute atomic E-state index is 0.0542. The molecule has 3 nitrogen and oxygen atoms in total. The summed E-state index contributed by atoms with van der Waals surface area (Å²) >= 11 is 1.73. The number of amides is 1. The highest BCUT2D eigenvalue weighted by Gasteiger charge is 2.24. The smallest absolute Gasteiger partial charge is 0.255 e. The van der Waals surface area contributed by atoms with Gasteiger partial charge in [0.2, 0.25) is 0 Å². The van der Waals surface area contributed by atoms with Crippen LogP contribution in [0.4, 0.5) is 4.39 Å². The zero-order valence-electron chi connectivity index (χ0n) is 13.8. The number of halogens is 1. The molecule has 4 rings (SSSR count). The van der Waals surface area contributed by atoms with Crippen molar-refractivity contribution in [3.05, 3.63) is 77.9 Å². The van der Waals surface area contributed by atoms with E-state index in [4.69, 9.17) is 0 Å². The number of hydrogen-bond donors (Lipinski definition) is 0. The molecule has 0 saturated carbocycles. The molecule has 25 heavy (non-hydrogen) atoms. The Morgan fingerprint density at radius 1 is 1.12 bits per heavy atom. The number of hydrogen-bond acceptors (Lipinski definition) is 2. The summed E-state index contributed by atoms with van der Waals surface area (Å²) in [6.45, 7) is 1.34. The first kappa shape index (κ1) is 16.2. The second-order valence-electron chi connectivity index (χ2n) is 6.22. The lowest BCUT2D eigenvalue weighted by atomic mass is 10.1. The Bertz CT molecular complexity index is 874. The van der Waals surface area contributed by atoms with Gasteiger partial charge in [0.1, 0.15) is 5.82 Å². The first-order chi connectivity index (χ1) is 12.2. The quantitative estimate of drug-likeness (QED) is 0.681. The molecule has 1 aromatic carbocycles. The Morgan fingerprint density at radius 2 is 1.96 bits per heavy atom. The number of pyridine rings is 1. The SMILES string of the molecule is O=C(c1cc2ccccn2c1)N1CCS[C@@H](c2ccccc2F)CC1. The first-order valence-electron chi connectivity index (χ1n) is 8.44. The van der Waals surface area contributed by atoms with Crippen molar-refractivity contribution in [2.24, 2.45) is 0 Å². The number of carbonyl (C=O) groups excluding carboxylic acids is 1. The Hall–Kier alpha value is -2.27. The summed E-state index contributed by atoms with van der Waals surface area (Å²) in [7, 11) is 0. The molecule has 3 aromatic rings. The zero-order valence-corrected chi connectivity index (χ0v) is 14.6. The Morgan fingerprint density at radius 3 is 2.80 bits per heavy atom. The predicted molar refractivity (Wildman–Crippen MR) is 99.5 cm³/mol. The highest BCUT2D eigenvalue weighted by molar-refractivity contribution is 7.99. The summed E-state index contributed by atoms with van der Waals surface area (Å²) in [6.07, 6.45) is 4.59. The maximum Gasteiger partial charge on any atom is 0.255 e. The molecule has 1 amide bonds. The van der Waals surface area contributed by atoms with Crippen LogP contribution in [0, 0.1) is 5.82 Å².